The van der Waals surface area contributed by atoms with Gasteiger partial charge in [-0.15, -0.1) is 0 Å². The molecule has 5 nitrogen and oxygen atoms in total. The van der Waals surface area contributed by atoms with Crippen LogP contribution in [0.5, 0.6) is 6.01 Å². The molecule has 0 bridgehead atoms. The van der Waals surface area contributed by atoms with Gasteiger partial charge in [-0.1, -0.05) is 6.42 Å². The summed E-state index contributed by atoms with van der Waals surface area (Å²) in [6.07, 6.45) is 5.40. The van der Waals surface area contributed by atoms with Crippen LogP contribution in [0.2, 0.25) is 0 Å². The van der Waals surface area contributed by atoms with E-state index < -0.39 is 11.4 Å². The highest BCUT2D eigenvalue weighted by molar-refractivity contribution is 9.10. The second-order valence-corrected chi connectivity index (χ2v) is 4.83. The molecule has 0 aliphatic heterocycles. The summed E-state index contributed by atoms with van der Waals surface area (Å²) in [6, 6.07) is 0.218. The molecule has 0 atom stereocenters. The van der Waals surface area contributed by atoms with Crippen molar-refractivity contribution in [1.29, 1.82) is 0 Å². The Balaban J connectivity index is 1.96. The lowest BCUT2D eigenvalue weighted by Gasteiger charge is -2.36. The lowest BCUT2D eigenvalue weighted by Crippen LogP contribution is -2.43. The van der Waals surface area contributed by atoms with Crippen molar-refractivity contribution in [2.24, 2.45) is 5.41 Å². The highest BCUT2D eigenvalue weighted by Crippen LogP contribution is 2.41. The van der Waals surface area contributed by atoms with Crippen molar-refractivity contribution in [2.75, 3.05) is 6.61 Å². The molecule has 1 aliphatic carbocycles. The molecule has 0 radical (unpaired) electrons. The average molecular weight is 287 g/mol. The number of aromatic nitrogens is 2. The van der Waals surface area contributed by atoms with Crippen molar-refractivity contribution in [3.63, 3.8) is 0 Å². The third-order valence-electron chi connectivity index (χ3n) is 2.84. The van der Waals surface area contributed by atoms with Gasteiger partial charge in [0.2, 0.25) is 0 Å². The molecular formula is C10H11BrN2O3. The third-order valence-corrected chi connectivity index (χ3v) is 3.25. The average Bonchev–Trinajstić information content (AvgIpc) is 2.18. The fourth-order valence-corrected chi connectivity index (χ4v) is 1.81. The second kappa shape index (κ2) is 4.37. The van der Waals surface area contributed by atoms with E-state index >= 15 is 0 Å². The predicted octanol–water partition coefficient (Wildman–Crippen LogP) is 1.87. The summed E-state index contributed by atoms with van der Waals surface area (Å²) in [5.41, 5.74) is -0.726. The van der Waals surface area contributed by atoms with E-state index in [1.54, 1.807) is 12.4 Å². The zero-order valence-corrected chi connectivity index (χ0v) is 10.1. The van der Waals surface area contributed by atoms with E-state index in [0.717, 1.165) is 10.9 Å². The summed E-state index contributed by atoms with van der Waals surface area (Å²) in [5, 5.41) is 9.08. The van der Waals surface area contributed by atoms with E-state index in [1.807, 2.05) is 0 Å². The highest BCUT2D eigenvalue weighted by Gasteiger charge is 2.45. The predicted molar refractivity (Wildman–Crippen MR) is 59.1 cm³/mol. The van der Waals surface area contributed by atoms with Crippen LogP contribution in [-0.2, 0) is 4.79 Å². The van der Waals surface area contributed by atoms with Crippen molar-refractivity contribution in [2.45, 2.75) is 19.3 Å². The number of carboxylic acids is 1. The Morgan fingerprint density at radius 1 is 1.50 bits per heavy atom. The minimum Gasteiger partial charge on any atom is -0.481 e. The van der Waals surface area contributed by atoms with Crippen molar-refractivity contribution < 1.29 is 14.6 Å². The summed E-state index contributed by atoms with van der Waals surface area (Å²) in [7, 11) is 0. The summed E-state index contributed by atoms with van der Waals surface area (Å²) in [6.45, 7) is 0.143. The maximum Gasteiger partial charge on any atom is 0.316 e. The highest BCUT2D eigenvalue weighted by atomic mass is 79.9. The fraction of sp³-hybridized carbons (Fsp3) is 0.500. The summed E-state index contributed by atoms with van der Waals surface area (Å²) in [5.74, 6) is -0.795. The van der Waals surface area contributed by atoms with Gasteiger partial charge in [-0.05, 0) is 28.8 Å². The molecule has 0 unspecified atom stereocenters. The molecule has 1 fully saturated rings. The Bertz CT molecular complexity index is 390. The largest absolute Gasteiger partial charge is 0.481 e. The number of carbonyl (C=O) groups is 1. The van der Waals surface area contributed by atoms with Gasteiger partial charge in [0, 0.05) is 12.4 Å². The minimum absolute atomic E-state index is 0.143. The van der Waals surface area contributed by atoms with Crippen LogP contribution >= 0.6 is 15.9 Å². The molecule has 1 saturated carbocycles. The number of rotatable bonds is 4. The van der Waals surface area contributed by atoms with Gasteiger partial charge >= 0.3 is 12.0 Å². The molecule has 0 spiro atoms. The van der Waals surface area contributed by atoms with Gasteiger partial charge in [-0.3, -0.25) is 4.79 Å². The van der Waals surface area contributed by atoms with Gasteiger partial charge in [0.05, 0.1) is 4.47 Å². The zero-order chi connectivity index (χ0) is 11.6. The van der Waals surface area contributed by atoms with Gasteiger partial charge in [0.15, 0.2) is 0 Å². The number of nitrogens with zero attached hydrogens (tertiary/aromatic N) is 2. The van der Waals surface area contributed by atoms with Gasteiger partial charge in [0.1, 0.15) is 12.0 Å². The third kappa shape index (κ3) is 2.16. The summed E-state index contributed by atoms with van der Waals surface area (Å²) < 4.78 is 6.07. The first-order valence-corrected chi connectivity index (χ1v) is 5.75. The van der Waals surface area contributed by atoms with E-state index in [1.165, 1.54) is 0 Å². The van der Waals surface area contributed by atoms with Crippen LogP contribution in [0, 0.1) is 5.41 Å². The number of carboxylic acid groups (broad SMARTS) is 1. The van der Waals surface area contributed by atoms with Gasteiger partial charge in [-0.2, -0.15) is 0 Å². The lowest BCUT2D eigenvalue weighted by molar-refractivity contribution is -0.157. The normalized spacial score (nSPS) is 17.6. The Morgan fingerprint density at radius 3 is 2.56 bits per heavy atom. The maximum absolute atomic E-state index is 11.1. The van der Waals surface area contributed by atoms with E-state index in [4.69, 9.17) is 9.84 Å². The van der Waals surface area contributed by atoms with Crippen LogP contribution in [0.1, 0.15) is 19.3 Å². The van der Waals surface area contributed by atoms with Crippen LogP contribution in [0.4, 0.5) is 0 Å². The first-order valence-electron chi connectivity index (χ1n) is 4.96. The number of ether oxygens (including phenoxy) is 1. The number of hydrogen-bond acceptors (Lipinski definition) is 4. The van der Waals surface area contributed by atoms with Crippen LogP contribution in [0.25, 0.3) is 0 Å². The van der Waals surface area contributed by atoms with E-state index in [-0.39, 0.29) is 12.6 Å². The Morgan fingerprint density at radius 2 is 2.12 bits per heavy atom. The topological polar surface area (TPSA) is 72.3 Å². The van der Waals surface area contributed by atoms with E-state index in [9.17, 15) is 4.79 Å². The molecular weight excluding hydrogens is 276 g/mol. The molecule has 86 valence electrons. The zero-order valence-electron chi connectivity index (χ0n) is 8.52. The van der Waals surface area contributed by atoms with Crippen molar-refractivity contribution >= 4 is 21.9 Å². The Hall–Kier alpha value is -1.17. The number of aliphatic carboxylic acids is 1. The molecule has 0 amide bonds. The quantitative estimate of drug-likeness (QED) is 0.915. The van der Waals surface area contributed by atoms with Crippen molar-refractivity contribution in [3.05, 3.63) is 16.9 Å². The van der Waals surface area contributed by atoms with E-state index in [2.05, 4.69) is 25.9 Å². The minimum atomic E-state index is -0.795. The van der Waals surface area contributed by atoms with Crippen LogP contribution in [-0.4, -0.2) is 27.7 Å². The fourth-order valence-electron chi connectivity index (χ4n) is 1.60. The Kier molecular flexibility index (Phi) is 3.09. The van der Waals surface area contributed by atoms with Crippen LogP contribution < -0.4 is 4.74 Å². The molecule has 2 rings (SSSR count). The lowest BCUT2D eigenvalue weighted by atomic mass is 9.69. The smallest absolute Gasteiger partial charge is 0.316 e. The van der Waals surface area contributed by atoms with Crippen LogP contribution in [0.15, 0.2) is 16.9 Å². The van der Waals surface area contributed by atoms with Crippen molar-refractivity contribution in [3.8, 4) is 6.01 Å². The summed E-state index contributed by atoms with van der Waals surface area (Å²) >= 11 is 3.21. The first-order chi connectivity index (χ1) is 7.62. The Labute approximate surface area is 101 Å². The van der Waals surface area contributed by atoms with E-state index in [0.29, 0.717) is 12.8 Å². The molecule has 1 aromatic rings. The molecule has 16 heavy (non-hydrogen) atoms. The van der Waals surface area contributed by atoms with Gasteiger partial charge in [0.25, 0.3) is 0 Å². The van der Waals surface area contributed by atoms with Gasteiger partial charge in [-0.25, -0.2) is 9.97 Å². The number of halogens is 1. The first kappa shape index (κ1) is 11.3. The molecule has 1 heterocycles. The summed E-state index contributed by atoms with van der Waals surface area (Å²) in [4.78, 5) is 18.9. The van der Waals surface area contributed by atoms with Gasteiger partial charge < -0.3 is 9.84 Å². The second-order valence-electron chi connectivity index (χ2n) is 3.91. The monoisotopic (exact) mass is 286 g/mol. The molecule has 1 N–H and O–H groups in total. The molecule has 1 aliphatic rings. The maximum atomic E-state index is 11.1. The van der Waals surface area contributed by atoms with Crippen molar-refractivity contribution in [1.82, 2.24) is 9.97 Å². The standard InChI is InChI=1S/C10H11BrN2O3/c11-7-4-12-9(13-5-7)16-6-10(8(14)15)2-1-3-10/h4-5H,1-3,6H2,(H,14,15). The molecule has 0 aromatic carbocycles. The number of hydrogen-bond donors (Lipinski definition) is 1. The molecule has 6 heteroatoms. The van der Waals surface area contributed by atoms with Crippen LogP contribution in [0.3, 0.4) is 0 Å². The molecule has 0 saturated heterocycles. The molecule has 1 aromatic heterocycles. The SMILES string of the molecule is O=C(O)C1(COc2ncc(Br)cn2)CCC1.